The van der Waals surface area contributed by atoms with Gasteiger partial charge in [0, 0.05) is 31.0 Å². The summed E-state index contributed by atoms with van der Waals surface area (Å²) in [4.78, 5) is 26.5. The number of aryl methyl sites for hydroxylation is 1. The second-order valence-electron chi connectivity index (χ2n) is 10.4. The zero-order valence-corrected chi connectivity index (χ0v) is 21.6. The number of anilines is 4. The molecule has 0 amide bonds. The molecule has 8 heteroatoms. The van der Waals surface area contributed by atoms with Crippen molar-refractivity contribution in [3.05, 3.63) is 69.9 Å². The minimum atomic E-state index is -0.822. The van der Waals surface area contributed by atoms with Gasteiger partial charge in [-0.15, -0.1) is 0 Å². The van der Waals surface area contributed by atoms with Crippen LogP contribution in [0, 0.1) is 0 Å². The van der Waals surface area contributed by atoms with Crippen LogP contribution in [-0.2, 0) is 27.9 Å². The lowest BCUT2D eigenvalue weighted by molar-refractivity contribution is -0.146. The van der Waals surface area contributed by atoms with Gasteiger partial charge >= 0.3 is 5.97 Å². The van der Waals surface area contributed by atoms with Gasteiger partial charge in [-0.05, 0) is 79.6 Å². The quantitative estimate of drug-likeness (QED) is 0.483. The summed E-state index contributed by atoms with van der Waals surface area (Å²) in [5, 5.41) is 3.86. The number of ether oxygens (including phenoxy) is 1. The molecule has 1 aliphatic carbocycles. The largest absolute Gasteiger partial charge is 0.468 e. The summed E-state index contributed by atoms with van der Waals surface area (Å²) in [7, 11) is 3.62. The predicted octanol–water partition coefficient (Wildman–Crippen LogP) is 5.32. The fraction of sp³-hybridized carbons (Fsp3) is 0.393. The molecule has 186 valence electrons. The molecule has 2 unspecified atom stereocenters. The first kappa shape index (κ1) is 23.3. The van der Waals surface area contributed by atoms with Crippen LogP contribution in [0.2, 0.25) is 5.02 Å². The van der Waals surface area contributed by atoms with E-state index in [-0.39, 0.29) is 5.97 Å². The number of rotatable bonds is 4. The Balaban J connectivity index is 1.35. The summed E-state index contributed by atoms with van der Waals surface area (Å²) in [5.41, 5.74) is 6.35. The fourth-order valence-corrected chi connectivity index (χ4v) is 6.49. The molecule has 0 saturated heterocycles. The van der Waals surface area contributed by atoms with E-state index in [2.05, 4.69) is 34.4 Å². The molecule has 0 saturated carbocycles. The number of methoxy groups -OCH3 is 1. The van der Waals surface area contributed by atoms with E-state index in [9.17, 15) is 4.79 Å². The molecule has 2 aliphatic heterocycles. The minimum Gasteiger partial charge on any atom is -0.468 e. The number of esters is 1. The van der Waals surface area contributed by atoms with Crippen LogP contribution < -0.4 is 10.2 Å². The van der Waals surface area contributed by atoms with E-state index in [1.165, 1.54) is 31.1 Å². The molecule has 2 atom stereocenters. The number of fused-ring (bicyclic) bond motifs is 1. The van der Waals surface area contributed by atoms with Crippen LogP contribution in [0.4, 0.5) is 23.1 Å². The third-order valence-corrected chi connectivity index (χ3v) is 8.13. The molecule has 0 bridgehead atoms. The van der Waals surface area contributed by atoms with Crippen molar-refractivity contribution in [2.45, 2.75) is 44.1 Å². The Labute approximate surface area is 216 Å². The maximum Gasteiger partial charge on any atom is 0.317 e. The van der Waals surface area contributed by atoms with Crippen molar-refractivity contribution in [1.82, 2.24) is 14.9 Å². The molecular weight excluding hydrogens is 474 g/mol. The lowest BCUT2D eigenvalue weighted by atomic mass is 9.77. The Morgan fingerprint density at radius 1 is 1.25 bits per heavy atom. The number of halogens is 1. The third kappa shape index (κ3) is 3.73. The van der Waals surface area contributed by atoms with Gasteiger partial charge in [0.25, 0.3) is 0 Å². The molecular formula is C28H30ClN5O2. The molecule has 6 rings (SSSR count). The number of benzene rings is 2. The summed E-state index contributed by atoms with van der Waals surface area (Å²) < 4.78 is 5.15. The smallest absolute Gasteiger partial charge is 0.317 e. The lowest BCUT2D eigenvalue weighted by Crippen LogP contribution is -2.38. The van der Waals surface area contributed by atoms with Gasteiger partial charge in [-0.25, -0.2) is 4.98 Å². The van der Waals surface area contributed by atoms with Crippen molar-refractivity contribution >= 4 is 40.7 Å². The standard InChI is InChI=1S/C28H30ClN5O2/c1-28(26(35)36-3)16-34(23-10-5-4-9-21(23)28)25-22(29)13-30-27(32-25)31-20-11-17-7-6-8-18-14-33(2)15-19(12-20)24(17)18/h4-5,9-13,18H,6-8,14-16H2,1-3H3,(H,30,31,32). The molecule has 0 spiro atoms. The monoisotopic (exact) mass is 503 g/mol. The average molecular weight is 504 g/mol. The Kier molecular flexibility index (Phi) is 5.65. The first-order valence-electron chi connectivity index (χ1n) is 12.5. The molecule has 3 aliphatic rings. The van der Waals surface area contributed by atoms with Crippen LogP contribution in [-0.4, -0.2) is 48.1 Å². The van der Waals surface area contributed by atoms with E-state index in [4.69, 9.17) is 21.3 Å². The van der Waals surface area contributed by atoms with Crippen molar-refractivity contribution < 1.29 is 9.53 Å². The van der Waals surface area contributed by atoms with Crippen molar-refractivity contribution in [3.8, 4) is 0 Å². The van der Waals surface area contributed by atoms with Gasteiger partial charge in [0.2, 0.25) is 5.95 Å². The van der Waals surface area contributed by atoms with Crippen LogP contribution in [0.25, 0.3) is 0 Å². The molecule has 3 heterocycles. The van der Waals surface area contributed by atoms with Crippen LogP contribution >= 0.6 is 11.6 Å². The van der Waals surface area contributed by atoms with Crippen LogP contribution in [0.1, 0.15) is 47.9 Å². The number of para-hydroxylation sites is 1. The number of hydrogen-bond donors (Lipinski definition) is 1. The van der Waals surface area contributed by atoms with E-state index in [0.717, 1.165) is 36.4 Å². The van der Waals surface area contributed by atoms with Crippen LogP contribution in [0.15, 0.2) is 42.6 Å². The number of carbonyl (C=O) groups is 1. The highest BCUT2D eigenvalue weighted by Crippen LogP contribution is 2.46. The van der Waals surface area contributed by atoms with Crippen molar-refractivity contribution in [1.29, 1.82) is 0 Å². The normalized spacial score (nSPS) is 22.7. The fourth-order valence-electron chi connectivity index (χ4n) is 6.30. The van der Waals surface area contributed by atoms with Gasteiger partial charge in [-0.3, -0.25) is 4.79 Å². The molecule has 36 heavy (non-hydrogen) atoms. The predicted molar refractivity (Wildman–Crippen MR) is 142 cm³/mol. The number of nitrogens with one attached hydrogen (secondary N) is 1. The van der Waals surface area contributed by atoms with Gasteiger partial charge in [0.15, 0.2) is 5.82 Å². The summed E-state index contributed by atoms with van der Waals surface area (Å²) in [6, 6.07) is 12.3. The molecule has 1 N–H and O–H groups in total. The first-order valence-corrected chi connectivity index (χ1v) is 12.8. The van der Waals surface area contributed by atoms with Crippen LogP contribution in [0.3, 0.4) is 0 Å². The Bertz CT molecular complexity index is 1360. The molecule has 7 nitrogen and oxygen atoms in total. The maximum absolute atomic E-state index is 12.8. The highest BCUT2D eigenvalue weighted by molar-refractivity contribution is 6.33. The highest BCUT2D eigenvalue weighted by atomic mass is 35.5. The second kappa shape index (κ2) is 8.75. The van der Waals surface area contributed by atoms with Crippen molar-refractivity contribution in [2.75, 3.05) is 37.5 Å². The van der Waals surface area contributed by atoms with Gasteiger partial charge in [-0.2, -0.15) is 4.98 Å². The first-order chi connectivity index (χ1) is 17.4. The van der Waals surface area contributed by atoms with E-state index < -0.39 is 5.41 Å². The lowest BCUT2D eigenvalue weighted by Gasteiger charge is -2.37. The van der Waals surface area contributed by atoms with Crippen molar-refractivity contribution in [2.24, 2.45) is 0 Å². The van der Waals surface area contributed by atoms with E-state index in [1.54, 1.807) is 11.8 Å². The summed E-state index contributed by atoms with van der Waals surface area (Å²) in [6.07, 6.45) is 5.22. The molecule has 1 aromatic heterocycles. The Hall–Kier alpha value is -3.16. The van der Waals surface area contributed by atoms with E-state index in [0.29, 0.717) is 29.3 Å². The minimum absolute atomic E-state index is 0.285. The zero-order valence-electron chi connectivity index (χ0n) is 20.8. The van der Waals surface area contributed by atoms with Gasteiger partial charge < -0.3 is 19.9 Å². The number of aromatic nitrogens is 2. The Morgan fingerprint density at radius 3 is 2.89 bits per heavy atom. The SMILES string of the molecule is COC(=O)C1(C)CN(c2nc(Nc3cc4c5c(c3)CN(C)CC5CCC4)ncc2Cl)c2ccccc21. The number of likely N-dealkylation sites (N-methyl/N-ethyl adjacent to an activating group) is 1. The topological polar surface area (TPSA) is 70.6 Å². The van der Waals surface area contributed by atoms with Gasteiger partial charge in [0.1, 0.15) is 10.4 Å². The number of carbonyl (C=O) groups excluding carboxylic acids is 1. The molecule has 0 fully saturated rings. The highest BCUT2D eigenvalue weighted by Gasteiger charge is 2.47. The Morgan fingerprint density at radius 2 is 2.06 bits per heavy atom. The van der Waals surface area contributed by atoms with E-state index >= 15 is 0 Å². The zero-order chi connectivity index (χ0) is 25.0. The molecule has 3 aromatic rings. The van der Waals surface area contributed by atoms with Crippen molar-refractivity contribution in [3.63, 3.8) is 0 Å². The molecule has 0 radical (unpaired) electrons. The average Bonchev–Trinajstić information content (AvgIpc) is 3.18. The van der Waals surface area contributed by atoms with Crippen LogP contribution in [0.5, 0.6) is 0 Å². The molecule has 2 aromatic carbocycles. The third-order valence-electron chi connectivity index (χ3n) is 7.87. The van der Waals surface area contributed by atoms with Gasteiger partial charge in [-0.1, -0.05) is 29.8 Å². The van der Waals surface area contributed by atoms with Gasteiger partial charge in [0.05, 0.1) is 13.3 Å². The number of nitrogens with zero attached hydrogens (tertiary/aromatic N) is 4. The second-order valence-corrected chi connectivity index (χ2v) is 10.8. The summed E-state index contributed by atoms with van der Waals surface area (Å²) in [6.45, 7) is 4.37. The summed E-state index contributed by atoms with van der Waals surface area (Å²) >= 11 is 6.62. The number of hydrogen-bond acceptors (Lipinski definition) is 7. The van der Waals surface area contributed by atoms with E-state index in [1.807, 2.05) is 36.1 Å². The summed E-state index contributed by atoms with van der Waals surface area (Å²) in [5.74, 6) is 1.39. The maximum atomic E-state index is 12.8.